The minimum absolute atomic E-state index is 0.257. The van der Waals surface area contributed by atoms with Crippen molar-refractivity contribution >= 4 is 22.8 Å². The first-order valence-electron chi connectivity index (χ1n) is 10.8. The second kappa shape index (κ2) is 9.30. The number of benzene rings is 1. The highest BCUT2D eigenvalue weighted by Gasteiger charge is 2.26. The minimum Gasteiger partial charge on any atom is -0.354 e. The van der Waals surface area contributed by atoms with Gasteiger partial charge in [0.2, 0.25) is 0 Å². The van der Waals surface area contributed by atoms with Crippen LogP contribution in [-0.2, 0) is 4.79 Å². The Labute approximate surface area is 180 Å². The van der Waals surface area contributed by atoms with E-state index in [4.69, 9.17) is 0 Å². The van der Waals surface area contributed by atoms with Gasteiger partial charge in [0.25, 0.3) is 0 Å². The van der Waals surface area contributed by atoms with Gasteiger partial charge in [-0.15, -0.1) is 0 Å². The molecule has 0 saturated carbocycles. The van der Waals surface area contributed by atoms with Gasteiger partial charge in [0.05, 0.1) is 5.69 Å². The molecule has 3 rings (SSSR count). The van der Waals surface area contributed by atoms with Crippen LogP contribution in [0.5, 0.6) is 0 Å². The molecule has 30 heavy (non-hydrogen) atoms. The number of allylic oxidation sites excluding steroid dienone is 10. The Balaban J connectivity index is 1.78. The number of hydrogen-bond acceptors (Lipinski definition) is 1. The molecule has 2 aromatic rings. The van der Waals surface area contributed by atoms with Crippen molar-refractivity contribution in [3.8, 4) is 0 Å². The number of aromatic nitrogens is 1. The third-order valence-electron chi connectivity index (χ3n) is 6.12. The number of rotatable bonds is 6. The van der Waals surface area contributed by atoms with Gasteiger partial charge in [-0.25, -0.2) is 0 Å². The maximum atomic E-state index is 11.7. The van der Waals surface area contributed by atoms with E-state index in [0.717, 1.165) is 28.5 Å². The molecule has 0 spiro atoms. The Hall–Kier alpha value is -2.87. The van der Waals surface area contributed by atoms with Crippen molar-refractivity contribution in [1.82, 2.24) is 4.98 Å². The smallest absolute Gasteiger partial charge is 0.152 e. The summed E-state index contributed by atoms with van der Waals surface area (Å²) in [7, 11) is 0. The van der Waals surface area contributed by atoms with E-state index < -0.39 is 0 Å². The quantitative estimate of drug-likeness (QED) is 0.301. The summed E-state index contributed by atoms with van der Waals surface area (Å²) in [6.45, 7) is 11.0. The van der Waals surface area contributed by atoms with Gasteiger partial charge >= 0.3 is 0 Å². The summed E-state index contributed by atoms with van der Waals surface area (Å²) >= 11 is 0. The second-order valence-corrected chi connectivity index (χ2v) is 9.02. The van der Waals surface area contributed by atoms with Crippen LogP contribution >= 0.6 is 0 Å². The molecule has 1 aliphatic carbocycles. The summed E-state index contributed by atoms with van der Waals surface area (Å²) in [5, 5.41) is 1.11. The molecule has 0 radical (unpaired) electrons. The van der Waals surface area contributed by atoms with Crippen molar-refractivity contribution in [3.05, 3.63) is 88.7 Å². The number of nitrogens with one attached hydrogen (secondary N) is 1. The van der Waals surface area contributed by atoms with Crippen LogP contribution in [0.2, 0.25) is 0 Å². The molecule has 0 atom stereocenters. The summed E-state index contributed by atoms with van der Waals surface area (Å²) in [4.78, 5) is 15.1. The maximum Gasteiger partial charge on any atom is 0.152 e. The highest BCUT2D eigenvalue weighted by atomic mass is 16.1. The first-order valence-corrected chi connectivity index (χ1v) is 10.8. The first kappa shape index (κ1) is 21.8. The third-order valence-corrected chi connectivity index (χ3v) is 6.12. The summed E-state index contributed by atoms with van der Waals surface area (Å²) in [5.41, 5.74) is 7.97. The van der Waals surface area contributed by atoms with Crippen molar-refractivity contribution in [2.75, 3.05) is 0 Å². The van der Waals surface area contributed by atoms with Crippen molar-refractivity contribution in [2.45, 2.75) is 53.9 Å². The predicted molar refractivity (Wildman–Crippen MR) is 129 cm³/mol. The summed E-state index contributed by atoms with van der Waals surface area (Å²) < 4.78 is 0. The fourth-order valence-corrected chi connectivity index (χ4v) is 4.30. The van der Waals surface area contributed by atoms with Crippen LogP contribution in [-0.4, -0.2) is 11.3 Å². The van der Waals surface area contributed by atoms with E-state index in [0.29, 0.717) is 5.57 Å². The molecule has 0 fully saturated rings. The summed E-state index contributed by atoms with van der Waals surface area (Å²) in [6.07, 6.45) is 15.3. The van der Waals surface area contributed by atoms with Gasteiger partial charge in [0, 0.05) is 16.5 Å². The van der Waals surface area contributed by atoms with Gasteiger partial charge in [-0.05, 0) is 68.7 Å². The lowest BCUT2D eigenvalue weighted by Gasteiger charge is -2.32. The molecule has 1 N–H and O–H groups in total. The van der Waals surface area contributed by atoms with Gasteiger partial charge in [0.1, 0.15) is 0 Å². The zero-order valence-corrected chi connectivity index (χ0v) is 18.9. The Morgan fingerprint density at radius 3 is 2.60 bits per heavy atom. The molecular weight excluding hydrogens is 366 g/mol. The first-order chi connectivity index (χ1) is 14.3. The monoisotopic (exact) mass is 399 g/mol. The molecule has 1 aromatic heterocycles. The molecule has 0 aliphatic heterocycles. The van der Waals surface area contributed by atoms with Crippen LogP contribution in [0.15, 0.2) is 83.0 Å². The van der Waals surface area contributed by atoms with E-state index in [1.165, 1.54) is 36.0 Å². The van der Waals surface area contributed by atoms with Crippen LogP contribution in [0.25, 0.3) is 16.5 Å². The highest BCUT2D eigenvalue weighted by Crippen LogP contribution is 2.40. The molecule has 2 nitrogen and oxygen atoms in total. The van der Waals surface area contributed by atoms with E-state index in [9.17, 15) is 4.79 Å². The van der Waals surface area contributed by atoms with Gasteiger partial charge in [0.15, 0.2) is 6.29 Å². The zero-order chi connectivity index (χ0) is 21.7. The Morgan fingerprint density at radius 1 is 1.13 bits per heavy atom. The van der Waals surface area contributed by atoms with Crippen LogP contribution in [0.4, 0.5) is 0 Å². The lowest BCUT2D eigenvalue weighted by atomic mass is 9.72. The van der Waals surface area contributed by atoms with E-state index in [-0.39, 0.29) is 5.41 Å². The molecule has 1 aliphatic rings. The van der Waals surface area contributed by atoms with Gasteiger partial charge in [-0.2, -0.15) is 0 Å². The van der Waals surface area contributed by atoms with Crippen molar-refractivity contribution in [2.24, 2.45) is 5.41 Å². The lowest BCUT2D eigenvalue weighted by Crippen LogP contribution is -2.19. The average Bonchev–Trinajstić information content (AvgIpc) is 3.11. The highest BCUT2D eigenvalue weighted by molar-refractivity contribution is 6.09. The Morgan fingerprint density at radius 2 is 1.90 bits per heavy atom. The molecule has 0 unspecified atom stereocenters. The fraction of sp³-hybridized carbons (Fsp3) is 0.321. The average molecular weight is 400 g/mol. The molecule has 1 aromatic carbocycles. The normalized spacial score (nSPS) is 18.5. The van der Waals surface area contributed by atoms with E-state index in [2.05, 4.69) is 50.9 Å². The third kappa shape index (κ3) is 4.99. The molecule has 0 saturated heterocycles. The van der Waals surface area contributed by atoms with Gasteiger partial charge < -0.3 is 4.98 Å². The van der Waals surface area contributed by atoms with E-state index >= 15 is 0 Å². The summed E-state index contributed by atoms with van der Waals surface area (Å²) in [5.74, 6) is 0. The number of hydrogen-bond donors (Lipinski definition) is 1. The van der Waals surface area contributed by atoms with Crippen molar-refractivity contribution in [1.29, 1.82) is 0 Å². The lowest BCUT2D eigenvalue weighted by molar-refractivity contribution is -0.103. The molecule has 2 heteroatoms. The van der Waals surface area contributed by atoms with Crippen LogP contribution < -0.4 is 0 Å². The zero-order valence-electron chi connectivity index (χ0n) is 18.9. The van der Waals surface area contributed by atoms with E-state index in [1.54, 1.807) is 0 Å². The number of carbonyl (C=O) groups excluding carboxylic acids is 1. The molecule has 0 amide bonds. The number of H-pyrrole nitrogens is 1. The number of fused-ring (bicyclic) bond motifs is 1. The van der Waals surface area contributed by atoms with E-state index in [1.807, 2.05) is 49.4 Å². The SMILES string of the molecule is CC(C=CC1=C(C)CCCC1(C)C)=CC=CC(C)=C(C=O)c1cc2ccccc2[nH]1. The Bertz CT molecular complexity index is 1050. The topological polar surface area (TPSA) is 32.9 Å². The molecule has 0 bridgehead atoms. The molecular formula is C28H33NO. The van der Waals surface area contributed by atoms with Crippen LogP contribution in [0.3, 0.4) is 0 Å². The number of aromatic amines is 1. The van der Waals surface area contributed by atoms with Crippen LogP contribution in [0.1, 0.15) is 59.6 Å². The largest absolute Gasteiger partial charge is 0.354 e. The van der Waals surface area contributed by atoms with Gasteiger partial charge in [-0.3, -0.25) is 4.79 Å². The van der Waals surface area contributed by atoms with Gasteiger partial charge in [-0.1, -0.05) is 73.6 Å². The number of carbonyl (C=O) groups is 1. The van der Waals surface area contributed by atoms with Crippen molar-refractivity contribution < 1.29 is 4.79 Å². The number of aldehydes is 1. The standard InChI is InChI=1S/C28H33NO/c1-20(15-16-25-22(3)12-9-17-28(25,4)5)10-8-11-21(2)24(19-30)27-18-23-13-6-7-14-26(23)29-27/h6-8,10-11,13-16,18-19,29H,9,12,17H2,1-5H3. The molecule has 1 heterocycles. The molecule has 156 valence electrons. The summed E-state index contributed by atoms with van der Waals surface area (Å²) in [6, 6.07) is 10.1. The predicted octanol–water partition coefficient (Wildman–Crippen LogP) is 7.73. The maximum absolute atomic E-state index is 11.7. The number of para-hydroxylation sites is 1. The van der Waals surface area contributed by atoms with Crippen LogP contribution in [0, 0.1) is 5.41 Å². The Kier molecular flexibility index (Phi) is 6.77. The minimum atomic E-state index is 0.257. The fourth-order valence-electron chi connectivity index (χ4n) is 4.30. The second-order valence-electron chi connectivity index (χ2n) is 9.02. The van der Waals surface area contributed by atoms with Crippen molar-refractivity contribution in [3.63, 3.8) is 0 Å².